The van der Waals surface area contributed by atoms with E-state index in [1.807, 2.05) is 0 Å². The van der Waals surface area contributed by atoms with Crippen LogP contribution in [0.2, 0.25) is 0 Å². The maximum atomic E-state index is 3.67. The van der Waals surface area contributed by atoms with Crippen LogP contribution >= 0.6 is 0 Å². The van der Waals surface area contributed by atoms with Gasteiger partial charge in [-0.3, -0.25) is 0 Å². The fourth-order valence-electron chi connectivity index (χ4n) is 1.87. The van der Waals surface area contributed by atoms with Crippen LogP contribution in [0.1, 0.15) is 40.2 Å². The third-order valence-electron chi connectivity index (χ3n) is 2.86. The number of hydrogen-bond donors (Lipinski definition) is 1. The first kappa shape index (κ1) is 13.2. The van der Waals surface area contributed by atoms with E-state index in [1.54, 1.807) is 0 Å². The van der Waals surface area contributed by atoms with Gasteiger partial charge in [-0.05, 0) is 17.4 Å². The van der Waals surface area contributed by atoms with Gasteiger partial charge in [0.1, 0.15) is 0 Å². The quantitative estimate of drug-likeness (QED) is 0.815. The number of benzene rings is 1. The van der Waals surface area contributed by atoms with Crippen LogP contribution in [0.5, 0.6) is 0 Å². The zero-order chi connectivity index (χ0) is 12.2. The van der Waals surface area contributed by atoms with Gasteiger partial charge in [-0.1, -0.05) is 65.0 Å². The summed E-state index contributed by atoms with van der Waals surface area (Å²) in [7, 11) is 0. The highest BCUT2D eigenvalue weighted by molar-refractivity contribution is 5.16. The average molecular weight is 219 g/mol. The molecule has 1 nitrogen and oxygen atoms in total. The van der Waals surface area contributed by atoms with Crippen LogP contribution in [0.3, 0.4) is 0 Å². The normalized spacial score (nSPS) is 14.1. The van der Waals surface area contributed by atoms with Gasteiger partial charge in [0.15, 0.2) is 0 Å². The molecule has 1 aromatic carbocycles. The number of rotatable bonds is 4. The van der Waals surface area contributed by atoms with Crippen LogP contribution in [0.25, 0.3) is 0 Å². The third kappa shape index (κ3) is 4.36. The van der Waals surface area contributed by atoms with Crippen molar-refractivity contribution in [1.29, 1.82) is 0 Å². The van der Waals surface area contributed by atoms with Gasteiger partial charge < -0.3 is 5.32 Å². The van der Waals surface area contributed by atoms with E-state index in [1.165, 1.54) is 5.56 Å². The lowest BCUT2D eigenvalue weighted by Gasteiger charge is -2.33. The summed E-state index contributed by atoms with van der Waals surface area (Å²) in [5, 5.41) is 3.67. The molecule has 0 aliphatic heterocycles. The Labute approximate surface area is 100 Å². The van der Waals surface area contributed by atoms with E-state index >= 15 is 0 Å². The highest BCUT2D eigenvalue weighted by Crippen LogP contribution is 2.23. The molecule has 0 aromatic heterocycles. The molecular weight excluding hydrogens is 194 g/mol. The summed E-state index contributed by atoms with van der Waals surface area (Å²) in [6.07, 6.45) is 1.10. The molecule has 0 heterocycles. The fraction of sp³-hybridized carbons (Fsp3) is 0.600. The molecule has 0 saturated heterocycles. The maximum Gasteiger partial charge on any atom is 0.0158 e. The monoisotopic (exact) mass is 219 g/mol. The largest absolute Gasteiger partial charge is 0.311 e. The molecule has 1 aromatic rings. The summed E-state index contributed by atoms with van der Waals surface area (Å²) in [5.74, 6) is 0. The van der Waals surface area contributed by atoms with Crippen molar-refractivity contribution in [2.45, 2.75) is 53.1 Å². The molecule has 1 unspecified atom stereocenters. The first-order valence-electron chi connectivity index (χ1n) is 6.19. The average Bonchev–Trinajstić information content (AvgIpc) is 2.16. The van der Waals surface area contributed by atoms with Gasteiger partial charge in [-0.25, -0.2) is 0 Å². The fourth-order valence-corrected chi connectivity index (χ4v) is 1.87. The Balaban J connectivity index is 2.72. The molecule has 0 fully saturated rings. The molecule has 1 N–H and O–H groups in total. The minimum Gasteiger partial charge on any atom is -0.311 e. The van der Waals surface area contributed by atoms with Crippen molar-refractivity contribution in [3.05, 3.63) is 35.9 Å². The van der Waals surface area contributed by atoms with Crippen molar-refractivity contribution in [3.8, 4) is 0 Å². The second-order valence-electron chi connectivity index (χ2n) is 5.93. The van der Waals surface area contributed by atoms with Gasteiger partial charge >= 0.3 is 0 Å². The Hall–Kier alpha value is -0.820. The minimum absolute atomic E-state index is 0.292. The van der Waals surface area contributed by atoms with Crippen molar-refractivity contribution < 1.29 is 0 Å². The maximum absolute atomic E-state index is 3.67. The molecule has 1 rings (SSSR count). The van der Waals surface area contributed by atoms with Crippen LogP contribution < -0.4 is 5.32 Å². The smallest absolute Gasteiger partial charge is 0.0158 e. The molecule has 0 amide bonds. The van der Waals surface area contributed by atoms with Crippen molar-refractivity contribution in [2.75, 3.05) is 0 Å². The number of nitrogens with one attached hydrogen (secondary N) is 1. The first-order valence-corrected chi connectivity index (χ1v) is 6.19. The molecular formula is C15H25N. The highest BCUT2D eigenvalue weighted by atomic mass is 14.9. The van der Waals surface area contributed by atoms with Gasteiger partial charge in [-0.2, -0.15) is 0 Å². The lowest BCUT2D eigenvalue weighted by atomic mass is 9.82. The van der Waals surface area contributed by atoms with Crippen LogP contribution in [-0.4, -0.2) is 12.1 Å². The predicted molar refractivity (Wildman–Crippen MR) is 71.7 cm³/mol. The summed E-state index contributed by atoms with van der Waals surface area (Å²) in [6, 6.07) is 11.8. The van der Waals surface area contributed by atoms with Crippen molar-refractivity contribution in [1.82, 2.24) is 5.32 Å². The Kier molecular flexibility index (Phi) is 4.55. The molecule has 0 aliphatic rings. The second kappa shape index (κ2) is 5.49. The first-order chi connectivity index (χ1) is 7.39. The zero-order valence-corrected chi connectivity index (χ0v) is 11.2. The second-order valence-corrected chi connectivity index (χ2v) is 5.93. The molecule has 0 aliphatic carbocycles. The molecule has 0 spiro atoms. The highest BCUT2D eigenvalue weighted by Gasteiger charge is 2.24. The zero-order valence-electron chi connectivity index (χ0n) is 11.2. The van der Waals surface area contributed by atoms with Crippen LogP contribution in [0, 0.1) is 5.41 Å². The molecule has 90 valence electrons. The van der Waals surface area contributed by atoms with Gasteiger partial charge in [0.25, 0.3) is 0 Å². The standard InChI is InChI=1S/C15H25N/c1-12(2)16-14(15(3,4)5)11-13-9-7-6-8-10-13/h6-10,12,14,16H,11H2,1-5H3. The lowest BCUT2D eigenvalue weighted by Crippen LogP contribution is -2.45. The molecule has 1 heteroatoms. The predicted octanol–water partition coefficient (Wildman–Crippen LogP) is 3.64. The Bertz CT molecular complexity index is 295. The lowest BCUT2D eigenvalue weighted by molar-refractivity contribution is 0.252. The van der Waals surface area contributed by atoms with Crippen molar-refractivity contribution in [2.24, 2.45) is 5.41 Å². The summed E-state index contributed by atoms with van der Waals surface area (Å²) in [4.78, 5) is 0. The summed E-state index contributed by atoms with van der Waals surface area (Å²) < 4.78 is 0. The van der Waals surface area contributed by atoms with Crippen molar-refractivity contribution in [3.63, 3.8) is 0 Å². The Morgan fingerprint density at radius 1 is 1.06 bits per heavy atom. The number of hydrogen-bond acceptors (Lipinski definition) is 1. The van der Waals surface area contributed by atoms with E-state index in [2.05, 4.69) is 70.3 Å². The van der Waals surface area contributed by atoms with E-state index in [9.17, 15) is 0 Å². The Morgan fingerprint density at radius 2 is 1.62 bits per heavy atom. The topological polar surface area (TPSA) is 12.0 Å². The molecule has 1 atom stereocenters. The summed E-state index contributed by atoms with van der Waals surface area (Å²) in [5.41, 5.74) is 1.70. The van der Waals surface area contributed by atoms with E-state index in [0.717, 1.165) is 6.42 Å². The van der Waals surface area contributed by atoms with Gasteiger partial charge in [0, 0.05) is 12.1 Å². The SMILES string of the molecule is CC(C)NC(Cc1ccccc1)C(C)(C)C. The van der Waals surface area contributed by atoms with Gasteiger partial charge in [-0.15, -0.1) is 0 Å². The minimum atomic E-state index is 0.292. The summed E-state index contributed by atoms with van der Waals surface area (Å²) in [6.45, 7) is 11.3. The molecule has 0 saturated carbocycles. The van der Waals surface area contributed by atoms with Crippen LogP contribution in [0.15, 0.2) is 30.3 Å². The summed E-state index contributed by atoms with van der Waals surface area (Å²) >= 11 is 0. The van der Waals surface area contributed by atoms with E-state index in [0.29, 0.717) is 17.5 Å². The molecule has 16 heavy (non-hydrogen) atoms. The third-order valence-corrected chi connectivity index (χ3v) is 2.86. The van der Waals surface area contributed by atoms with Gasteiger partial charge in [0.2, 0.25) is 0 Å². The Morgan fingerprint density at radius 3 is 2.06 bits per heavy atom. The van der Waals surface area contributed by atoms with E-state index in [-0.39, 0.29) is 0 Å². The molecule has 0 bridgehead atoms. The van der Waals surface area contributed by atoms with Crippen LogP contribution in [0.4, 0.5) is 0 Å². The molecule has 0 radical (unpaired) electrons. The van der Waals surface area contributed by atoms with Crippen LogP contribution in [-0.2, 0) is 6.42 Å². The van der Waals surface area contributed by atoms with E-state index < -0.39 is 0 Å². The van der Waals surface area contributed by atoms with Crippen molar-refractivity contribution >= 4 is 0 Å². The van der Waals surface area contributed by atoms with E-state index in [4.69, 9.17) is 0 Å². The van der Waals surface area contributed by atoms with Gasteiger partial charge in [0.05, 0.1) is 0 Å².